The highest BCUT2D eigenvalue weighted by Gasteiger charge is 2.10. The predicted octanol–water partition coefficient (Wildman–Crippen LogP) is 2.47. The maximum atomic E-state index is 13.0. The summed E-state index contributed by atoms with van der Waals surface area (Å²) >= 11 is 5.94. The van der Waals surface area contributed by atoms with E-state index in [1.807, 2.05) is 0 Å². The summed E-state index contributed by atoms with van der Waals surface area (Å²) in [5, 5.41) is 3.21. The van der Waals surface area contributed by atoms with Crippen LogP contribution < -0.4 is 11.1 Å². The average molecular weight is 279 g/mol. The van der Waals surface area contributed by atoms with Crippen LogP contribution in [0.2, 0.25) is 5.02 Å². The molecule has 0 saturated heterocycles. The Morgan fingerprint density at radius 2 is 2.16 bits per heavy atom. The molecule has 0 amide bonds. The molecule has 0 aliphatic heterocycles. The molecule has 0 saturated carbocycles. The molecule has 1 aromatic carbocycles. The fourth-order valence-corrected chi connectivity index (χ4v) is 1.87. The number of hydrogen-bond donors (Lipinski definition) is 3. The standard InChI is InChI=1S/C11H8ClFN6/c12-6-3-5(13)1-2-7(6)17-10-8-9(16-4-15-8)18-11(14)19-10/h1-4H,(H4,14,15,16,17,18,19). The highest BCUT2D eigenvalue weighted by atomic mass is 35.5. The van der Waals surface area contributed by atoms with Crippen molar-refractivity contribution in [2.45, 2.75) is 0 Å². The quantitative estimate of drug-likeness (QED) is 0.670. The van der Waals surface area contributed by atoms with Crippen LogP contribution in [-0.2, 0) is 0 Å². The van der Waals surface area contributed by atoms with Crippen molar-refractivity contribution in [2.24, 2.45) is 0 Å². The minimum atomic E-state index is -0.413. The molecule has 6 nitrogen and oxygen atoms in total. The van der Waals surface area contributed by atoms with E-state index >= 15 is 0 Å². The van der Waals surface area contributed by atoms with Gasteiger partial charge in [0.1, 0.15) is 11.3 Å². The van der Waals surface area contributed by atoms with Gasteiger partial charge in [0.25, 0.3) is 0 Å². The zero-order valence-electron chi connectivity index (χ0n) is 9.48. The van der Waals surface area contributed by atoms with E-state index in [1.165, 1.54) is 24.5 Å². The van der Waals surface area contributed by atoms with E-state index in [4.69, 9.17) is 17.3 Å². The van der Waals surface area contributed by atoms with Gasteiger partial charge in [-0.2, -0.15) is 9.97 Å². The van der Waals surface area contributed by atoms with E-state index in [1.54, 1.807) is 0 Å². The molecule has 0 aliphatic rings. The van der Waals surface area contributed by atoms with Crippen LogP contribution in [0.4, 0.5) is 21.8 Å². The molecule has 3 aromatic rings. The monoisotopic (exact) mass is 278 g/mol. The lowest BCUT2D eigenvalue weighted by Gasteiger charge is -2.08. The molecule has 4 N–H and O–H groups in total. The normalized spacial score (nSPS) is 10.8. The molecule has 0 bridgehead atoms. The molecule has 19 heavy (non-hydrogen) atoms. The number of benzene rings is 1. The molecule has 0 fully saturated rings. The minimum absolute atomic E-state index is 0.0836. The number of hydrogen-bond acceptors (Lipinski definition) is 5. The Balaban J connectivity index is 2.07. The van der Waals surface area contributed by atoms with Crippen LogP contribution in [-0.4, -0.2) is 19.9 Å². The van der Waals surface area contributed by atoms with E-state index < -0.39 is 5.82 Å². The third-order valence-corrected chi connectivity index (χ3v) is 2.80. The van der Waals surface area contributed by atoms with Crippen molar-refractivity contribution < 1.29 is 4.39 Å². The first-order chi connectivity index (χ1) is 9.13. The number of fused-ring (bicyclic) bond motifs is 1. The second kappa shape index (κ2) is 4.36. The van der Waals surface area contributed by atoms with Crippen molar-refractivity contribution in [1.29, 1.82) is 0 Å². The van der Waals surface area contributed by atoms with E-state index in [-0.39, 0.29) is 11.0 Å². The van der Waals surface area contributed by atoms with Gasteiger partial charge in [0, 0.05) is 0 Å². The lowest BCUT2D eigenvalue weighted by molar-refractivity contribution is 0.628. The van der Waals surface area contributed by atoms with Gasteiger partial charge >= 0.3 is 0 Å². The van der Waals surface area contributed by atoms with Gasteiger partial charge in [-0.25, -0.2) is 9.37 Å². The lowest BCUT2D eigenvalue weighted by atomic mass is 10.3. The van der Waals surface area contributed by atoms with Crippen LogP contribution in [0.15, 0.2) is 24.5 Å². The van der Waals surface area contributed by atoms with Crippen LogP contribution in [0.3, 0.4) is 0 Å². The molecule has 0 atom stereocenters. The van der Waals surface area contributed by atoms with Crippen LogP contribution in [0.1, 0.15) is 0 Å². The van der Waals surface area contributed by atoms with Crippen LogP contribution in [0, 0.1) is 5.82 Å². The smallest absolute Gasteiger partial charge is 0.224 e. The molecule has 2 aromatic heterocycles. The summed E-state index contributed by atoms with van der Waals surface area (Å²) in [6, 6.07) is 4.01. The number of aromatic nitrogens is 4. The number of nitrogens with zero attached hydrogens (tertiary/aromatic N) is 3. The molecule has 2 heterocycles. The summed E-state index contributed by atoms with van der Waals surface area (Å²) in [7, 11) is 0. The largest absolute Gasteiger partial charge is 0.368 e. The van der Waals surface area contributed by atoms with Crippen molar-refractivity contribution in [1.82, 2.24) is 19.9 Å². The van der Waals surface area contributed by atoms with Gasteiger partial charge < -0.3 is 16.0 Å². The van der Waals surface area contributed by atoms with Crippen LogP contribution >= 0.6 is 11.6 Å². The number of halogens is 2. The second-order valence-electron chi connectivity index (χ2n) is 3.78. The number of nitrogens with two attached hydrogens (primary N) is 1. The molecule has 0 radical (unpaired) electrons. The summed E-state index contributed by atoms with van der Waals surface area (Å²) < 4.78 is 13.0. The zero-order chi connectivity index (χ0) is 13.4. The molecule has 0 aliphatic carbocycles. The molecule has 96 valence electrons. The Bertz CT molecular complexity index is 756. The summed E-state index contributed by atoms with van der Waals surface area (Å²) in [5.41, 5.74) is 7.13. The number of aromatic amines is 1. The minimum Gasteiger partial charge on any atom is -0.368 e. The fraction of sp³-hybridized carbons (Fsp3) is 0. The van der Waals surface area contributed by atoms with Crippen LogP contribution in [0.25, 0.3) is 11.2 Å². The van der Waals surface area contributed by atoms with E-state index in [0.29, 0.717) is 22.7 Å². The highest BCUT2D eigenvalue weighted by molar-refractivity contribution is 6.33. The molecule has 3 rings (SSSR count). The van der Waals surface area contributed by atoms with E-state index in [2.05, 4.69) is 25.3 Å². The number of rotatable bonds is 2. The highest BCUT2D eigenvalue weighted by Crippen LogP contribution is 2.27. The first-order valence-corrected chi connectivity index (χ1v) is 5.70. The number of anilines is 3. The topological polar surface area (TPSA) is 92.5 Å². The summed E-state index contributed by atoms with van der Waals surface area (Å²) in [4.78, 5) is 14.9. The van der Waals surface area contributed by atoms with Crippen LogP contribution in [0.5, 0.6) is 0 Å². The van der Waals surface area contributed by atoms with E-state index in [9.17, 15) is 4.39 Å². The number of nitrogens with one attached hydrogen (secondary N) is 2. The predicted molar refractivity (Wildman–Crippen MR) is 70.8 cm³/mol. The fourth-order valence-electron chi connectivity index (χ4n) is 1.66. The average Bonchev–Trinajstić information content (AvgIpc) is 2.80. The Labute approximate surface area is 111 Å². The Morgan fingerprint density at radius 1 is 1.32 bits per heavy atom. The third kappa shape index (κ3) is 2.15. The maximum Gasteiger partial charge on any atom is 0.224 e. The summed E-state index contributed by atoms with van der Waals surface area (Å²) in [5.74, 6) is 0.0956. The van der Waals surface area contributed by atoms with Gasteiger partial charge in [-0.15, -0.1) is 0 Å². The summed E-state index contributed by atoms with van der Waals surface area (Å²) in [6.07, 6.45) is 1.48. The van der Waals surface area contributed by atoms with E-state index in [0.717, 1.165) is 0 Å². The number of H-pyrrole nitrogens is 1. The van der Waals surface area contributed by atoms with Crippen molar-refractivity contribution in [3.05, 3.63) is 35.4 Å². The van der Waals surface area contributed by atoms with Gasteiger partial charge in [0.05, 0.1) is 17.0 Å². The van der Waals surface area contributed by atoms with Crippen molar-refractivity contribution >= 4 is 40.2 Å². The SMILES string of the molecule is Nc1nc(Nc2ccc(F)cc2Cl)c2[nH]cnc2n1. The molecular formula is C11H8ClFN6. The first-order valence-electron chi connectivity index (χ1n) is 5.32. The number of nitrogen functional groups attached to an aromatic ring is 1. The first kappa shape index (κ1) is 11.7. The Kier molecular flexibility index (Phi) is 2.68. The second-order valence-corrected chi connectivity index (χ2v) is 4.19. The molecule has 8 heteroatoms. The lowest BCUT2D eigenvalue weighted by Crippen LogP contribution is -2.01. The van der Waals surface area contributed by atoms with Gasteiger partial charge in [-0.05, 0) is 18.2 Å². The molecule has 0 spiro atoms. The third-order valence-electron chi connectivity index (χ3n) is 2.49. The van der Waals surface area contributed by atoms with Crippen molar-refractivity contribution in [2.75, 3.05) is 11.1 Å². The van der Waals surface area contributed by atoms with Gasteiger partial charge in [0.15, 0.2) is 11.5 Å². The Morgan fingerprint density at radius 3 is 2.95 bits per heavy atom. The number of imidazole rings is 1. The summed E-state index contributed by atoms with van der Waals surface area (Å²) in [6.45, 7) is 0. The molecular weight excluding hydrogens is 271 g/mol. The Hall–Kier alpha value is -2.41. The van der Waals surface area contributed by atoms with Gasteiger partial charge in [0.2, 0.25) is 5.95 Å². The van der Waals surface area contributed by atoms with Gasteiger partial charge in [-0.1, -0.05) is 11.6 Å². The van der Waals surface area contributed by atoms with Crippen molar-refractivity contribution in [3.8, 4) is 0 Å². The van der Waals surface area contributed by atoms with Gasteiger partial charge in [-0.3, -0.25) is 0 Å². The molecule has 0 unspecified atom stereocenters. The maximum absolute atomic E-state index is 13.0. The zero-order valence-corrected chi connectivity index (χ0v) is 10.2. The van der Waals surface area contributed by atoms with Crippen molar-refractivity contribution in [3.63, 3.8) is 0 Å².